The molecule has 3 nitrogen and oxygen atoms in total. The number of rotatable bonds is 2. The van der Waals surface area contributed by atoms with E-state index in [1.54, 1.807) is 5.32 Å². The van der Waals surface area contributed by atoms with Crippen molar-refractivity contribution in [3.05, 3.63) is 0 Å². The van der Waals surface area contributed by atoms with Crippen molar-refractivity contribution in [2.24, 2.45) is 0 Å². The second-order valence-electron chi connectivity index (χ2n) is 3.35. The molecule has 0 heterocycles. The van der Waals surface area contributed by atoms with E-state index in [1.165, 1.54) is 20.8 Å². The molecule has 6 heteroatoms. The molecule has 0 aliphatic heterocycles. The number of amides is 1. The maximum Gasteiger partial charge on any atom is 0.471 e. The first-order valence-electron chi connectivity index (χ1n) is 3.65. The van der Waals surface area contributed by atoms with Crippen molar-refractivity contribution in [1.29, 1.82) is 0 Å². The molecule has 0 saturated heterocycles. The SMILES string of the molecule is CC(O)C(C)(C)NC(=O)C(F)(F)F. The fraction of sp³-hybridized carbons (Fsp3) is 0.857. The molecule has 1 amide bonds. The maximum atomic E-state index is 11.7. The molecule has 1 unspecified atom stereocenters. The molecule has 0 bridgehead atoms. The smallest absolute Gasteiger partial charge is 0.391 e. The summed E-state index contributed by atoms with van der Waals surface area (Å²) in [5.74, 6) is -2.04. The maximum absolute atomic E-state index is 11.7. The molecule has 0 aromatic carbocycles. The van der Waals surface area contributed by atoms with Crippen LogP contribution in [0.2, 0.25) is 0 Å². The third kappa shape index (κ3) is 3.63. The fourth-order valence-corrected chi connectivity index (χ4v) is 0.468. The van der Waals surface area contributed by atoms with Gasteiger partial charge in [-0.25, -0.2) is 0 Å². The molecule has 0 aliphatic rings. The molecule has 2 N–H and O–H groups in total. The zero-order chi connectivity index (χ0) is 10.9. The van der Waals surface area contributed by atoms with Gasteiger partial charge in [0, 0.05) is 0 Å². The second-order valence-corrected chi connectivity index (χ2v) is 3.35. The molecule has 78 valence electrons. The topological polar surface area (TPSA) is 49.3 Å². The van der Waals surface area contributed by atoms with Gasteiger partial charge in [0.15, 0.2) is 0 Å². The van der Waals surface area contributed by atoms with Crippen LogP contribution in [0.4, 0.5) is 13.2 Å². The summed E-state index contributed by atoms with van der Waals surface area (Å²) in [6.07, 6.45) is -5.97. The highest BCUT2D eigenvalue weighted by molar-refractivity contribution is 5.82. The first-order valence-corrected chi connectivity index (χ1v) is 3.65. The van der Waals surface area contributed by atoms with Gasteiger partial charge in [0.1, 0.15) is 0 Å². The second kappa shape index (κ2) is 3.53. The van der Waals surface area contributed by atoms with Crippen molar-refractivity contribution in [1.82, 2.24) is 5.32 Å². The lowest BCUT2D eigenvalue weighted by molar-refractivity contribution is -0.176. The summed E-state index contributed by atoms with van der Waals surface area (Å²) in [6.45, 7) is 3.92. The van der Waals surface area contributed by atoms with E-state index in [-0.39, 0.29) is 0 Å². The third-order valence-corrected chi connectivity index (χ3v) is 1.74. The van der Waals surface area contributed by atoms with Crippen molar-refractivity contribution in [3.8, 4) is 0 Å². The van der Waals surface area contributed by atoms with Crippen LogP contribution in [0.3, 0.4) is 0 Å². The Morgan fingerprint density at radius 2 is 1.77 bits per heavy atom. The minimum absolute atomic E-state index is 1.06. The van der Waals surface area contributed by atoms with E-state index < -0.39 is 23.7 Å². The number of hydrogen-bond acceptors (Lipinski definition) is 2. The van der Waals surface area contributed by atoms with Gasteiger partial charge in [-0.15, -0.1) is 0 Å². The first-order chi connectivity index (χ1) is 5.57. The number of alkyl halides is 3. The summed E-state index contributed by atoms with van der Waals surface area (Å²) in [5.41, 5.74) is -1.29. The van der Waals surface area contributed by atoms with Gasteiger partial charge in [-0.3, -0.25) is 4.79 Å². The molecule has 1 atom stereocenters. The van der Waals surface area contributed by atoms with Crippen LogP contribution in [-0.4, -0.2) is 28.8 Å². The number of aliphatic hydroxyl groups excluding tert-OH is 1. The van der Waals surface area contributed by atoms with E-state index in [0.29, 0.717) is 0 Å². The number of carbonyl (C=O) groups excluding carboxylic acids is 1. The number of carbonyl (C=O) groups is 1. The molecular formula is C7H12F3NO2. The Morgan fingerprint density at radius 3 is 2.00 bits per heavy atom. The quantitative estimate of drug-likeness (QED) is 0.691. The summed E-state index contributed by atoms with van der Waals surface area (Å²) < 4.78 is 35.2. The van der Waals surface area contributed by atoms with Gasteiger partial charge >= 0.3 is 12.1 Å². The van der Waals surface area contributed by atoms with E-state index in [0.717, 1.165) is 0 Å². The van der Waals surface area contributed by atoms with Crippen molar-refractivity contribution < 1.29 is 23.1 Å². The zero-order valence-corrected chi connectivity index (χ0v) is 7.57. The lowest BCUT2D eigenvalue weighted by Crippen LogP contribution is -2.54. The van der Waals surface area contributed by atoms with Gasteiger partial charge in [-0.2, -0.15) is 13.2 Å². The summed E-state index contributed by atoms with van der Waals surface area (Å²) in [5, 5.41) is 10.7. The lowest BCUT2D eigenvalue weighted by Gasteiger charge is -2.29. The summed E-state index contributed by atoms with van der Waals surface area (Å²) in [4.78, 5) is 10.4. The summed E-state index contributed by atoms with van der Waals surface area (Å²) in [7, 11) is 0. The molecule has 0 fully saturated rings. The van der Waals surface area contributed by atoms with Crippen LogP contribution in [-0.2, 0) is 4.79 Å². The van der Waals surface area contributed by atoms with E-state index in [2.05, 4.69) is 0 Å². The Bertz CT molecular complexity index is 198. The normalized spacial score (nSPS) is 15.3. The van der Waals surface area contributed by atoms with Gasteiger partial charge in [-0.05, 0) is 20.8 Å². The van der Waals surface area contributed by atoms with Crippen LogP contribution in [0.15, 0.2) is 0 Å². The third-order valence-electron chi connectivity index (χ3n) is 1.74. The van der Waals surface area contributed by atoms with E-state index in [9.17, 15) is 18.0 Å². The predicted molar refractivity (Wildman–Crippen MR) is 40.0 cm³/mol. The van der Waals surface area contributed by atoms with Gasteiger partial charge in [0.05, 0.1) is 11.6 Å². The standard InChI is InChI=1S/C7H12F3NO2/c1-4(12)6(2,3)11-5(13)7(8,9)10/h4,12H,1-3H3,(H,11,13). The Hall–Kier alpha value is -0.780. The van der Waals surface area contributed by atoms with E-state index in [1.807, 2.05) is 0 Å². The van der Waals surface area contributed by atoms with Crippen molar-refractivity contribution in [3.63, 3.8) is 0 Å². The van der Waals surface area contributed by atoms with Crippen molar-refractivity contribution >= 4 is 5.91 Å². The van der Waals surface area contributed by atoms with Crippen molar-refractivity contribution in [2.75, 3.05) is 0 Å². The monoisotopic (exact) mass is 199 g/mol. The van der Waals surface area contributed by atoms with Gasteiger partial charge in [0.25, 0.3) is 0 Å². The molecular weight excluding hydrogens is 187 g/mol. The van der Waals surface area contributed by atoms with Gasteiger partial charge < -0.3 is 10.4 Å². The molecule has 0 radical (unpaired) electrons. The average molecular weight is 199 g/mol. The fourth-order valence-electron chi connectivity index (χ4n) is 0.468. The van der Waals surface area contributed by atoms with Crippen LogP contribution < -0.4 is 5.32 Å². The minimum atomic E-state index is -4.91. The Labute approximate surface area is 73.9 Å². The average Bonchev–Trinajstić information content (AvgIpc) is 1.83. The lowest BCUT2D eigenvalue weighted by atomic mass is 9.99. The molecule has 0 aromatic heterocycles. The molecule has 0 saturated carbocycles. The van der Waals surface area contributed by atoms with E-state index in [4.69, 9.17) is 5.11 Å². The first kappa shape index (κ1) is 12.2. The highest BCUT2D eigenvalue weighted by Gasteiger charge is 2.42. The summed E-state index contributed by atoms with van der Waals surface area (Å²) >= 11 is 0. The molecule has 0 rings (SSSR count). The zero-order valence-electron chi connectivity index (χ0n) is 7.57. The van der Waals surface area contributed by atoms with Crippen LogP contribution >= 0.6 is 0 Å². The number of nitrogens with one attached hydrogen (secondary N) is 1. The molecule has 13 heavy (non-hydrogen) atoms. The number of hydrogen-bond donors (Lipinski definition) is 2. The molecule has 0 spiro atoms. The Kier molecular flexibility index (Phi) is 3.32. The predicted octanol–water partition coefficient (Wildman–Crippen LogP) is 0.824. The number of halogens is 3. The van der Waals surface area contributed by atoms with E-state index >= 15 is 0 Å². The van der Waals surface area contributed by atoms with Gasteiger partial charge in [0.2, 0.25) is 0 Å². The highest BCUT2D eigenvalue weighted by atomic mass is 19.4. The van der Waals surface area contributed by atoms with Crippen LogP contribution in [0.25, 0.3) is 0 Å². The molecule has 0 aliphatic carbocycles. The highest BCUT2D eigenvalue weighted by Crippen LogP contribution is 2.17. The Morgan fingerprint density at radius 1 is 1.38 bits per heavy atom. The van der Waals surface area contributed by atoms with Crippen molar-refractivity contribution in [2.45, 2.75) is 38.6 Å². The Balaban J connectivity index is 4.38. The summed E-state index contributed by atoms with van der Waals surface area (Å²) in [6, 6.07) is 0. The van der Waals surface area contributed by atoms with Crippen LogP contribution in [0, 0.1) is 0 Å². The van der Waals surface area contributed by atoms with Crippen LogP contribution in [0.1, 0.15) is 20.8 Å². The minimum Gasteiger partial charge on any atom is -0.391 e. The van der Waals surface area contributed by atoms with Crippen LogP contribution in [0.5, 0.6) is 0 Å². The largest absolute Gasteiger partial charge is 0.471 e. The number of aliphatic hydroxyl groups is 1. The van der Waals surface area contributed by atoms with Gasteiger partial charge in [-0.1, -0.05) is 0 Å². The molecule has 0 aromatic rings.